The Bertz CT molecular complexity index is 307. The average Bonchev–Trinajstić information content (AvgIpc) is 2.25. The summed E-state index contributed by atoms with van der Waals surface area (Å²) in [5, 5.41) is 0.527. The fraction of sp³-hybridized carbons (Fsp3) is 0.500. The third kappa shape index (κ3) is 1.94. The van der Waals surface area contributed by atoms with Gasteiger partial charge in [-0.1, -0.05) is 17.2 Å². The zero-order chi connectivity index (χ0) is 10.2. The van der Waals surface area contributed by atoms with Crippen LogP contribution in [0.5, 0.6) is 0 Å². The normalized spacial score (nSPS) is 19.5. The van der Waals surface area contributed by atoms with Crippen LogP contribution >= 0.6 is 11.6 Å². The van der Waals surface area contributed by atoms with Gasteiger partial charge in [-0.3, -0.25) is 4.79 Å². The van der Waals surface area contributed by atoms with Crippen molar-refractivity contribution in [1.29, 1.82) is 0 Å². The highest BCUT2D eigenvalue weighted by Gasteiger charge is 2.35. The summed E-state index contributed by atoms with van der Waals surface area (Å²) in [6.45, 7) is 7.36. The van der Waals surface area contributed by atoms with E-state index in [9.17, 15) is 4.79 Å². The lowest BCUT2D eigenvalue weighted by Gasteiger charge is -2.07. The van der Waals surface area contributed by atoms with Gasteiger partial charge in [-0.05, 0) is 33.8 Å². The van der Waals surface area contributed by atoms with Gasteiger partial charge in [0.05, 0.1) is 10.4 Å². The van der Waals surface area contributed by atoms with Crippen LogP contribution in [0.15, 0.2) is 22.4 Å². The summed E-state index contributed by atoms with van der Waals surface area (Å²) >= 11 is 5.95. The Morgan fingerprint density at radius 2 is 2.00 bits per heavy atom. The molecule has 72 valence electrons. The van der Waals surface area contributed by atoms with Crippen molar-refractivity contribution in [3.8, 4) is 0 Å². The van der Waals surface area contributed by atoms with Crippen molar-refractivity contribution in [3.63, 3.8) is 0 Å². The third-order valence-corrected chi connectivity index (χ3v) is 2.44. The van der Waals surface area contributed by atoms with Crippen LogP contribution in [0.25, 0.3) is 0 Å². The Morgan fingerprint density at radius 3 is 2.31 bits per heavy atom. The molecule has 1 aliphatic heterocycles. The van der Waals surface area contributed by atoms with Crippen molar-refractivity contribution in [3.05, 3.63) is 22.4 Å². The summed E-state index contributed by atoms with van der Waals surface area (Å²) in [6, 6.07) is 0. The van der Waals surface area contributed by atoms with E-state index >= 15 is 0 Å². The van der Waals surface area contributed by atoms with Crippen LogP contribution in [0, 0.1) is 5.41 Å². The minimum atomic E-state index is -0.551. The van der Waals surface area contributed by atoms with Crippen LogP contribution < -0.4 is 0 Å². The monoisotopic (exact) mass is 200 g/mol. The second-order valence-corrected chi connectivity index (χ2v) is 4.31. The minimum Gasteiger partial charge on any atom is -0.425 e. The van der Waals surface area contributed by atoms with Gasteiger partial charge in [0.2, 0.25) is 0 Å². The molecule has 0 unspecified atom stereocenters. The molecule has 0 bridgehead atoms. The smallest absolute Gasteiger partial charge is 0.320 e. The molecule has 0 saturated heterocycles. The molecule has 2 nitrogen and oxygen atoms in total. The molecular weight excluding hydrogens is 188 g/mol. The number of hydrogen-bond acceptors (Lipinski definition) is 2. The van der Waals surface area contributed by atoms with E-state index in [-0.39, 0.29) is 5.97 Å². The molecule has 0 amide bonds. The maximum atomic E-state index is 11.3. The molecule has 0 spiro atoms. The van der Waals surface area contributed by atoms with E-state index in [1.165, 1.54) is 0 Å². The summed E-state index contributed by atoms with van der Waals surface area (Å²) in [5.74, 6) is 0.235. The quantitative estimate of drug-likeness (QED) is 0.609. The molecule has 0 aliphatic carbocycles. The van der Waals surface area contributed by atoms with Gasteiger partial charge < -0.3 is 4.74 Å². The number of halogens is 1. The molecule has 3 heteroatoms. The van der Waals surface area contributed by atoms with E-state index in [0.717, 1.165) is 5.57 Å². The van der Waals surface area contributed by atoms with Crippen LogP contribution in [-0.4, -0.2) is 5.97 Å². The van der Waals surface area contributed by atoms with Gasteiger partial charge in [-0.25, -0.2) is 0 Å². The molecular formula is C10H13ClO2. The molecule has 0 radical (unpaired) electrons. The van der Waals surface area contributed by atoms with Crippen molar-refractivity contribution in [2.75, 3.05) is 0 Å². The third-order valence-electron chi connectivity index (χ3n) is 1.88. The van der Waals surface area contributed by atoms with Gasteiger partial charge in [0.15, 0.2) is 0 Å². The number of carbonyl (C=O) groups excluding carboxylic acids is 1. The second-order valence-electron chi connectivity index (χ2n) is 3.93. The molecule has 13 heavy (non-hydrogen) atoms. The van der Waals surface area contributed by atoms with E-state index in [0.29, 0.717) is 10.8 Å². The van der Waals surface area contributed by atoms with Crippen LogP contribution in [0.3, 0.4) is 0 Å². The lowest BCUT2D eigenvalue weighted by Crippen LogP contribution is -2.17. The number of cyclic esters (lactones) is 1. The van der Waals surface area contributed by atoms with Crippen molar-refractivity contribution < 1.29 is 9.53 Å². The molecule has 0 aromatic heterocycles. The lowest BCUT2D eigenvalue weighted by atomic mass is 9.95. The number of carbonyl (C=O) groups is 1. The summed E-state index contributed by atoms with van der Waals surface area (Å²) < 4.78 is 5.03. The standard InChI is InChI=1S/C10H13ClO2/c1-6(2)8(11)7-5-10(3,4)9(12)13-7/h5H,1-4H3. The molecule has 0 aromatic rings. The van der Waals surface area contributed by atoms with Gasteiger partial charge in [0.25, 0.3) is 0 Å². The van der Waals surface area contributed by atoms with Gasteiger partial charge >= 0.3 is 5.97 Å². The topological polar surface area (TPSA) is 26.3 Å². The largest absolute Gasteiger partial charge is 0.425 e. The van der Waals surface area contributed by atoms with Gasteiger partial charge in [-0.15, -0.1) is 0 Å². The number of allylic oxidation sites excluding steroid dienone is 2. The second kappa shape index (κ2) is 3.18. The Labute approximate surface area is 83.2 Å². The molecule has 0 fully saturated rings. The zero-order valence-electron chi connectivity index (χ0n) is 8.27. The first-order valence-electron chi connectivity index (χ1n) is 4.13. The Hall–Kier alpha value is -0.760. The van der Waals surface area contributed by atoms with E-state index in [1.807, 2.05) is 13.8 Å². The first-order valence-corrected chi connectivity index (χ1v) is 4.51. The van der Waals surface area contributed by atoms with Crippen LogP contribution in [0.2, 0.25) is 0 Å². The maximum absolute atomic E-state index is 11.3. The van der Waals surface area contributed by atoms with Crippen molar-refractivity contribution in [2.24, 2.45) is 5.41 Å². The molecule has 0 atom stereocenters. The predicted molar refractivity (Wildman–Crippen MR) is 52.2 cm³/mol. The van der Waals surface area contributed by atoms with E-state index in [4.69, 9.17) is 16.3 Å². The number of hydrogen-bond donors (Lipinski definition) is 0. The fourth-order valence-corrected chi connectivity index (χ4v) is 1.10. The molecule has 1 aliphatic rings. The molecule has 1 rings (SSSR count). The van der Waals surface area contributed by atoms with Crippen LogP contribution in [-0.2, 0) is 9.53 Å². The average molecular weight is 201 g/mol. The van der Waals surface area contributed by atoms with E-state index in [1.54, 1.807) is 19.9 Å². The fourth-order valence-electron chi connectivity index (χ4n) is 1.00. The Balaban J connectivity index is 3.02. The highest BCUT2D eigenvalue weighted by atomic mass is 35.5. The van der Waals surface area contributed by atoms with Gasteiger partial charge in [0, 0.05) is 0 Å². The van der Waals surface area contributed by atoms with Crippen LogP contribution in [0.1, 0.15) is 27.7 Å². The highest BCUT2D eigenvalue weighted by Crippen LogP contribution is 2.34. The zero-order valence-corrected chi connectivity index (χ0v) is 9.03. The summed E-state index contributed by atoms with van der Waals surface area (Å²) in [4.78, 5) is 11.3. The first kappa shape index (κ1) is 10.3. The number of ether oxygens (including phenoxy) is 1. The van der Waals surface area contributed by atoms with Gasteiger partial charge in [0.1, 0.15) is 5.76 Å². The number of esters is 1. The van der Waals surface area contributed by atoms with Crippen LogP contribution in [0.4, 0.5) is 0 Å². The van der Waals surface area contributed by atoms with Gasteiger partial charge in [-0.2, -0.15) is 0 Å². The Morgan fingerprint density at radius 1 is 1.46 bits per heavy atom. The van der Waals surface area contributed by atoms with Crippen molar-refractivity contribution >= 4 is 17.6 Å². The minimum absolute atomic E-state index is 0.248. The molecule has 0 N–H and O–H groups in total. The molecule has 1 heterocycles. The van der Waals surface area contributed by atoms with Crippen molar-refractivity contribution in [2.45, 2.75) is 27.7 Å². The van der Waals surface area contributed by atoms with E-state index < -0.39 is 5.41 Å². The lowest BCUT2D eigenvalue weighted by molar-refractivity contribution is -0.143. The maximum Gasteiger partial charge on any atom is 0.320 e. The summed E-state index contributed by atoms with van der Waals surface area (Å²) in [6.07, 6.45) is 1.75. The first-order chi connectivity index (χ1) is 5.84. The molecule has 0 aromatic carbocycles. The summed E-state index contributed by atoms with van der Waals surface area (Å²) in [5.41, 5.74) is 0.392. The highest BCUT2D eigenvalue weighted by molar-refractivity contribution is 6.32. The molecule has 0 saturated carbocycles. The van der Waals surface area contributed by atoms with E-state index in [2.05, 4.69) is 0 Å². The summed E-state index contributed by atoms with van der Waals surface area (Å²) in [7, 11) is 0. The predicted octanol–water partition coefficient (Wildman–Crippen LogP) is 2.99. The van der Waals surface area contributed by atoms with Crippen molar-refractivity contribution in [1.82, 2.24) is 0 Å². The number of rotatable bonds is 1. The Kier molecular flexibility index (Phi) is 2.53. The SMILES string of the molecule is CC(C)=C(Cl)C1=CC(C)(C)C(=O)O1.